The van der Waals surface area contributed by atoms with Crippen LogP contribution in [0.2, 0.25) is 0 Å². The van der Waals surface area contributed by atoms with Crippen LogP contribution in [0.5, 0.6) is 11.5 Å². The third-order valence-corrected chi connectivity index (χ3v) is 9.26. The predicted octanol–water partition coefficient (Wildman–Crippen LogP) is 7.44. The van der Waals surface area contributed by atoms with Gasteiger partial charge in [0.05, 0.1) is 11.6 Å². The fourth-order valence-corrected chi connectivity index (χ4v) is 6.75. The Hall–Kier alpha value is -4.00. The van der Waals surface area contributed by atoms with Gasteiger partial charge >= 0.3 is 11.9 Å². The second-order valence-corrected chi connectivity index (χ2v) is 12.1. The van der Waals surface area contributed by atoms with Crippen molar-refractivity contribution in [1.82, 2.24) is 0 Å². The summed E-state index contributed by atoms with van der Waals surface area (Å²) in [5.74, 6) is 1.75. The van der Waals surface area contributed by atoms with E-state index in [-0.39, 0.29) is 17.6 Å². The van der Waals surface area contributed by atoms with Crippen LogP contribution < -0.4 is 14.4 Å². The maximum atomic E-state index is 12.9. The van der Waals surface area contributed by atoms with Crippen LogP contribution in [0.3, 0.4) is 0 Å². The van der Waals surface area contributed by atoms with E-state index in [2.05, 4.69) is 6.92 Å². The number of rotatable bonds is 10. The lowest BCUT2D eigenvalue weighted by atomic mass is 9.68. The van der Waals surface area contributed by atoms with E-state index in [9.17, 15) is 19.2 Å². The van der Waals surface area contributed by atoms with Crippen LogP contribution in [-0.4, -0.2) is 23.8 Å². The minimum absolute atomic E-state index is 0.0338. The van der Waals surface area contributed by atoms with Gasteiger partial charge in [0, 0.05) is 18.2 Å². The van der Waals surface area contributed by atoms with Crippen LogP contribution in [0.1, 0.15) is 83.1 Å². The molecule has 0 unspecified atom stereocenters. The molecule has 2 fully saturated rings. The van der Waals surface area contributed by atoms with Crippen molar-refractivity contribution in [2.45, 2.75) is 77.6 Å². The summed E-state index contributed by atoms with van der Waals surface area (Å²) in [7, 11) is 0. The van der Waals surface area contributed by atoms with Crippen LogP contribution in [0.15, 0.2) is 66.8 Å². The summed E-state index contributed by atoms with van der Waals surface area (Å²) in [6.07, 6.45) is 19.0. The minimum Gasteiger partial charge on any atom is -0.426 e. The van der Waals surface area contributed by atoms with Crippen LogP contribution in [0.25, 0.3) is 6.08 Å². The Bertz CT molecular complexity index is 1330. The first-order valence-electron chi connectivity index (χ1n) is 15.8. The molecule has 7 nitrogen and oxygen atoms in total. The van der Waals surface area contributed by atoms with Crippen LogP contribution in [0.4, 0.5) is 5.69 Å². The Balaban J connectivity index is 1.03. The van der Waals surface area contributed by atoms with Gasteiger partial charge in [0.15, 0.2) is 0 Å². The highest BCUT2D eigenvalue weighted by molar-refractivity contribution is 6.28. The zero-order valence-corrected chi connectivity index (χ0v) is 24.9. The van der Waals surface area contributed by atoms with Crippen molar-refractivity contribution in [3.8, 4) is 11.5 Å². The number of hydrogen-bond acceptors (Lipinski definition) is 6. The van der Waals surface area contributed by atoms with Crippen molar-refractivity contribution in [3.05, 3.63) is 72.3 Å². The van der Waals surface area contributed by atoms with Gasteiger partial charge in [0.2, 0.25) is 0 Å². The smallest absolute Gasteiger partial charge is 0.336 e. The number of carbonyl (C=O) groups is 4. The molecule has 2 saturated carbocycles. The molecule has 43 heavy (non-hydrogen) atoms. The van der Waals surface area contributed by atoms with E-state index in [0.29, 0.717) is 11.4 Å². The van der Waals surface area contributed by atoms with Gasteiger partial charge in [-0.15, -0.1) is 0 Å². The highest BCUT2D eigenvalue weighted by Crippen LogP contribution is 2.42. The molecule has 0 atom stereocenters. The molecule has 2 aliphatic carbocycles. The number of carbonyl (C=O) groups excluding carboxylic acids is 4. The third-order valence-electron chi connectivity index (χ3n) is 9.26. The summed E-state index contributed by atoms with van der Waals surface area (Å²) >= 11 is 0. The first-order chi connectivity index (χ1) is 20.9. The minimum atomic E-state index is -0.571. The lowest BCUT2D eigenvalue weighted by molar-refractivity contribution is -0.140. The number of imide groups is 1. The predicted molar refractivity (Wildman–Crippen MR) is 165 cm³/mol. The summed E-state index contributed by atoms with van der Waals surface area (Å²) in [6.45, 7) is 2.28. The number of esters is 2. The molecule has 2 aromatic carbocycles. The quantitative estimate of drug-likeness (QED) is 0.125. The number of amides is 2. The van der Waals surface area contributed by atoms with Gasteiger partial charge in [-0.05, 0) is 104 Å². The molecule has 7 heteroatoms. The first kappa shape index (κ1) is 30.5. The Morgan fingerprint density at radius 1 is 0.767 bits per heavy atom. The summed E-state index contributed by atoms with van der Waals surface area (Å²) < 4.78 is 11.0. The van der Waals surface area contributed by atoms with Crippen molar-refractivity contribution in [2.75, 3.05) is 4.90 Å². The normalized spacial score (nSPS) is 24.0. The van der Waals surface area contributed by atoms with E-state index in [1.54, 1.807) is 42.5 Å². The summed E-state index contributed by atoms with van der Waals surface area (Å²) in [5, 5.41) is 0. The van der Waals surface area contributed by atoms with Crippen molar-refractivity contribution in [1.29, 1.82) is 0 Å². The summed E-state index contributed by atoms with van der Waals surface area (Å²) in [4.78, 5) is 49.8. The molecule has 1 aliphatic heterocycles. The number of anilines is 1. The Morgan fingerprint density at radius 3 is 1.93 bits per heavy atom. The molecule has 2 aromatic rings. The third kappa shape index (κ3) is 8.09. The molecule has 0 N–H and O–H groups in total. The van der Waals surface area contributed by atoms with Crippen molar-refractivity contribution in [2.24, 2.45) is 23.7 Å². The fraction of sp³-hybridized carbons (Fsp3) is 0.444. The van der Waals surface area contributed by atoms with Crippen molar-refractivity contribution < 1.29 is 28.7 Å². The fourth-order valence-electron chi connectivity index (χ4n) is 6.75. The lowest BCUT2D eigenvalue weighted by Crippen LogP contribution is -2.30. The first-order valence-corrected chi connectivity index (χ1v) is 15.8. The zero-order chi connectivity index (χ0) is 30.2. The molecule has 2 amide bonds. The number of nitrogens with zero attached hydrogens (tertiary/aromatic N) is 1. The van der Waals surface area contributed by atoms with Crippen molar-refractivity contribution in [3.63, 3.8) is 0 Å². The van der Waals surface area contributed by atoms with E-state index < -0.39 is 17.8 Å². The highest BCUT2D eigenvalue weighted by Gasteiger charge is 2.33. The molecule has 0 bridgehead atoms. The lowest BCUT2D eigenvalue weighted by Gasteiger charge is -2.37. The number of benzene rings is 2. The second-order valence-electron chi connectivity index (χ2n) is 12.1. The van der Waals surface area contributed by atoms with Crippen LogP contribution in [-0.2, 0) is 19.2 Å². The maximum Gasteiger partial charge on any atom is 0.336 e. The molecule has 0 saturated heterocycles. The van der Waals surface area contributed by atoms with Gasteiger partial charge in [0.25, 0.3) is 11.8 Å². The Morgan fingerprint density at radius 2 is 1.33 bits per heavy atom. The molecule has 3 aliphatic rings. The number of ether oxygens (including phenoxy) is 2. The standard InChI is InChI=1S/C36H41NO6/c1-2-3-4-25-5-10-27(11-6-25)28-12-14-29(15-13-28)36(41)43-32-18-7-26(8-19-32)9-24-35(40)42-31-20-16-30(17-21-31)37-33(38)22-23-34(37)39/h7-9,16-25,27-29H,2-6,10-15H2,1H3/b24-9+. The van der Waals surface area contributed by atoms with Gasteiger partial charge in [0.1, 0.15) is 11.5 Å². The van der Waals surface area contributed by atoms with Gasteiger partial charge in [-0.25, -0.2) is 9.69 Å². The van der Waals surface area contributed by atoms with E-state index >= 15 is 0 Å². The van der Waals surface area contributed by atoms with Gasteiger partial charge in [-0.1, -0.05) is 51.2 Å². The van der Waals surface area contributed by atoms with Crippen LogP contribution >= 0.6 is 0 Å². The Kier molecular flexibility index (Phi) is 10.2. The van der Waals surface area contributed by atoms with E-state index in [1.807, 2.05) is 0 Å². The molecule has 0 radical (unpaired) electrons. The van der Waals surface area contributed by atoms with Gasteiger partial charge < -0.3 is 9.47 Å². The molecule has 5 rings (SSSR count). The number of hydrogen-bond donors (Lipinski definition) is 0. The van der Waals surface area contributed by atoms with Crippen molar-refractivity contribution >= 4 is 35.5 Å². The highest BCUT2D eigenvalue weighted by atomic mass is 16.5. The SMILES string of the molecule is CCCCC1CCC(C2CCC(C(=O)Oc3ccc(/C=C/C(=O)Oc4ccc(N5C(=O)C=CC5=O)cc4)cc3)CC2)CC1. The van der Waals surface area contributed by atoms with Crippen LogP contribution in [0, 0.1) is 23.7 Å². The molecule has 226 valence electrons. The summed E-state index contributed by atoms with van der Waals surface area (Å²) in [6, 6.07) is 13.2. The maximum absolute atomic E-state index is 12.9. The second kappa shape index (κ2) is 14.5. The molecular formula is C36H41NO6. The topological polar surface area (TPSA) is 90.0 Å². The molecule has 0 aromatic heterocycles. The average molecular weight is 584 g/mol. The monoisotopic (exact) mass is 583 g/mol. The largest absolute Gasteiger partial charge is 0.426 e. The van der Waals surface area contributed by atoms with E-state index in [0.717, 1.165) is 53.9 Å². The van der Waals surface area contributed by atoms with E-state index in [4.69, 9.17) is 9.47 Å². The molecule has 0 spiro atoms. The number of unbranched alkanes of at least 4 members (excludes halogenated alkanes) is 1. The zero-order valence-electron chi connectivity index (χ0n) is 24.9. The molecule has 1 heterocycles. The average Bonchev–Trinajstić information content (AvgIpc) is 3.37. The molecular weight excluding hydrogens is 542 g/mol. The van der Waals surface area contributed by atoms with E-state index in [1.165, 1.54) is 75.3 Å². The van der Waals surface area contributed by atoms with Gasteiger partial charge in [-0.3, -0.25) is 14.4 Å². The van der Waals surface area contributed by atoms with Gasteiger partial charge in [-0.2, -0.15) is 0 Å². The summed E-state index contributed by atoms with van der Waals surface area (Å²) in [5.41, 5.74) is 1.16. The Labute approximate surface area is 253 Å².